The molecule has 152 valence electrons. The summed E-state index contributed by atoms with van der Waals surface area (Å²) in [6.07, 6.45) is 0. The molecule has 0 aliphatic rings. The number of hydrogen-bond acceptors (Lipinski definition) is 7. The molecule has 1 heterocycles. The highest BCUT2D eigenvalue weighted by molar-refractivity contribution is 7.92. The zero-order valence-electron chi connectivity index (χ0n) is 16.1. The molecule has 9 heteroatoms. The average Bonchev–Trinajstić information content (AvgIpc) is 3.09. The summed E-state index contributed by atoms with van der Waals surface area (Å²) in [4.78, 5) is 28.8. The number of aromatic nitrogens is 1. The Bertz CT molecular complexity index is 1170. The van der Waals surface area contributed by atoms with E-state index in [9.17, 15) is 18.0 Å². The van der Waals surface area contributed by atoms with Crippen molar-refractivity contribution in [3.8, 4) is 0 Å². The highest BCUT2D eigenvalue weighted by Gasteiger charge is 2.19. The summed E-state index contributed by atoms with van der Waals surface area (Å²) in [5.74, 6) is -0.812. The maximum Gasteiger partial charge on any atom is 0.338 e. The van der Waals surface area contributed by atoms with E-state index in [1.807, 2.05) is 0 Å². The number of esters is 1. The van der Waals surface area contributed by atoms with Crippen LogP contribution in [0.3, 0.4) is 0 Å². The van der Waals surface area contributed by atoms with Gasteiger partial charge in [-0.05, 0) is 63.2 Å². The Balaban J connectivity index is 1.78. The number of benzene rings is 2. The molecule has 0 spiro atoms. The summed E-state index contributed by atoms with van der Waals surface area (Å²) in [6.45, 7) is 5.24. The summed E-state index contributed by atoms with van der Waals surface area (Å²) >= 11 is 1.23. The van der Waals surface area contributed by atoms with E-state index in [0.717, 1.165) is 4.70 Å². The molecule has 0 unspecified atom stereocenters. The molecular weight excluding hydrogens is 412 g/mol. The van der Waals surface area contributed by atoms with Gasteiger partial charge in [-0.15, -0.1) is 0 Å². The second kappa shape index (κ2) is 8.30. The van der Waals surface area contributed by atoms with Gasteiger partial charge in [-0.3, -0.25) is 10.1 Å². The summed E-state index contributed by atoms with van der Waals surface area (Å²) in [7, 11) is -3.39. The minimum Gasteiger partial charge on any atom is -0.462 e. The van der Waals surface area contributed by atoms with Gasteiger partial charge < -0.3 is 4.74 Å². The van der Waals surface area contributed by atoms with Gasteiger partial charge in [0, 0.05) is 5.56 Å². The van der Waals surface area contributed by atoms with Crippen LogP contribution in [0.5, 0.6) is 0 Å². The maximum atomic E-state index is 12.5. The van der Waals surface area contributed by atoms with Crippen LogP contribution in [-0.4, -0.2) is 37.1 Å². The molecule has 29 heavy (non-hydrogen) atoms. The number of rotatable bonds is 6. The molecule has 1 amide bonds. The average molecular weight is 433 g/mol. The van der Waals surface area contributed by atoms with Gasteiger partial charge in [-0.25, -0.2) is 18.2 Å². The lowest BCUT2D eigenvalue weighted by molar-refractivity contribution is 0.0526. The van der Waals surface area contributed by atoms with Crippen LogP contribution in [0.1, 0.15) is 41.5 Å². The van der Waals surface area contributed by atoms with Crippen molar-refractivity contribution in [3.05, 3.63) is 53.6 Å². The Morgan fingerprint density at radius 2 is 1.76 bits per heavy atom. The summed E-state index contributed by atoms with van der Waals surface area (Å²) in [5, 5.41) is 2.55. The van der Waals surface area contributed by atoms with Crippen molar-refractivity contribution in [2.24, 2.45) is 0 Å². The third kappa shape index (κ3) is 4.46. The van der Waals surface area contributed by atoms with Crippen molar-refractivity contribution in [2.75, 3.05) is 11.9 Å². The molecule has 3 rings (SSSR count). The first-order valence-corrected chi connectivity index (χ1v) is 11.3. The quantitative estimate of drug-likeness (QED) is 0.593. The zero-order chi connectivity index (χ0) is 21.2. The van der Waals surface area contributed by atoms with Gasteiger partial charge in [0.25, 0.3) is 5.91 Å². The predicted molar refractivity (Wildman–Crippen MR) is 112 cm³/mol. The van der Waals surface area contributed by atoms with Crippen molar-refractivity contribution < 1.29 is 22.7 Å². The molecule has 0 saturated carbocycles. The molecule has 3 aromatic rings. The first kappa shape index (κ1) is 20.9. The molecule has 0 aliphatic carbocycles. The van der Waals surface area contributed by atoms with E-state index >= 15 is 0 Å². The number of hydrogen-bond donors (Lipinski definition) is 1. The Hall–Kier alpha value is -2.78. The third-order valence-corrected chi connectivity index (χ3v) is 7.29. The molecule has 0 saturated heterocycles. The fourth-order valence-electron chi connectivity index (χ4n) is 2.56. The minimum atomic E-state index is -3.39. The lowest BCUT2D eigenvalue weighted by Gasteiger charge is -2.08. The molecule has 1 aromatic heterocycles. The van der Waals surface area contributed by atoms with E-state index < -0.39 is 27.0 Å². The van der Waals surface area contributed by atoms with Gasteiger partial charge >= 0.3 is 5.97 Å². The van der Waals surface area contributed by atoms with Crippen molar-refractivity contribution in [1.82, 2.24) is 4.98 Å². The Morgan fingerprint density at radius 1 is 1.10 bits per heavy atom. The van der Waals surface area contributed by atoms with Gasteiger partial charge in [0.05, 0.1) is 32.5 Å². The third-order valence-electron chi connectivity index (χ3n) is 4.19. The number of ether oxygens (including phenoxy) is 1. The number of carbonyl (C=O) groups is 2. The van der Waals surface area contributed by atoms with Crippen LogP contribution in [0.4, 0.5) is 5.13 Å². The highest BCUT2D eigenvalue weighted by Crippen LogP contribution is 2.27. The van der Waals surface area contributed by atoms with E-state index in [1.165, 1.54) is 35.6 Å². The fraction of sp³-hybridized carbons (Fsp3) is 0.250. The lowest BCUT2D eigenvalue weighted by atomic mass is 10.2. The standard InChI is InChI=1S/C20H20N2O5S2/c1-4-27-19(24)14-7-10-16-17(11-14)28-20(21-16)22-18(23)13-5-8-15(9-6-13)29(25,26)12(2)3/h5-12H,4H2,1-3H3,(H,21,22,23). The Kier molecular flexibility index (Phi) is 5.99. The van der Waals surface area contributed by atoms with Crippen molar-refractivity contribution >= 4 is 48.4 Å². The normalized spacial score (nSPS) is 11.6. The van der Waals surface area contributed by atoms with Gasteiger partial charge in [0.15, 0.2) is 15.0 Å². The van der Waals surface area contributed by atoms with E-state index in [0.29, 0.717) is 21.8 Å². The summed E-state index contributed by atoms with van der Waals surface area (Å²) < 4.78 is 30.1. The second-order valence-electron chi connectivity index (χ2n) is 6.49. The first-order valence-electron chi connectivity index (χ1n) is 8.95. The van der Waals surface area contributed by atoms with Crippen LogP contribution in [0.2, 0.25) is 0 Å². The number of amides is 1. The monoisotopic (exact) mass is 432 g/mol. The van der Waals surface area contributed by atoms with E-state index in [1.54, 1.807) is 39.0 Å². The summed E-state index contributed by atoms with van der Waals surface area (Å²) in [5.41, 5.74) is 1.39. The van der Waals surface area contributed by atoms with Crippen LogP contribution in [0.15, 0.2) is 47.4 Å². The number of fused-ring (bicyclic) bond motifs is 1. The van der Waals surface area contributed by atoms with Gasteiger partial charge in [0.2, 0.25) is 0 Å². The fourth-order valence-corrected chi connectivity index (χ4v) is 4.52. The van der Waals surface area contributed by atoms with Gasteiger partial charge in [-0.1, -0.05) is 11.3 Å². The predicted octanol–water partition coefficient (Wildman–Crippen LogP) is 3.91. The topological polar surface area (TPSA) is 102 Å². The number of nitrogens with zero attached hydrogens (tertiary/aromatic N) is 1. The van der Waals surface area contributed by atoms with Crippen molar-refractivity contribution in [3.63, 3.8) is 0 Å². The lowest BCUT2D eigenvalue weighted by Crippen LogP contribution is -2.15. The van der Waals surface area contributed by atoms with Crippen LogP contribution >= 0.6 is 11.3 Å². The maximum absolute atomic E-state index is 12.5. The molecule has 0 aliphatic heterocycles. The highest BCUT2D eigenvalue weighted by atomic mass is 32.2. The molecule has 0 atom stereocenters. The molecule has 0 radical (unpaired) electrons. The Labute approximate surface area is 172 Å². The number of thiazole rings is 1. The van der Waals surface area contributed by atoms with Crippen LogP contribution < -0.4 is 5.32 Å². The van der Waals surface area contributed by atoms with Crippen molar-refractivity contribution in [1.29, 1.82) is 0 Å². The van der Waals surface area contributed by atoms with Crippen LogP contribution in [0, 0.1) is 0 Å². The first-order chi connectivity index (χ1) is 13.7. The smallest absolute Gasteiger partial charge is 0.338 e. The second-order valence-corrected chi connectivity index (χ2v) is 10.0. The summed E-state index contributed by atoms with van der Waals surface area (Å²) in [6, 6.07) is 10.8. The molecule has 0 bridgehead atoms. The van der Waals surface area contributed by atoms with Gasteiger partial charge in [0.1, 0.15) is 0 Å². The number of anilines is 1. The van der Waals surface area contributed by atoms with Crippen molar-refractivity contribution in [2.45, 2.75) is 30.9 Å². The minimum absolute atomic E-state index is 0.176. The number of carbonyl (C=O) groups excluding carboxylic acids is 2. The van der Waals surface area contributed by atoms with E-state index in [2.05, 4.69) is 10.3 Å². The number of sulfone groups is 1. The van der Waals surface area contributed by atoms with Crippen LogP contribution in [-0.2, 0) is 14.6 Å². The molecule has 7 nitrogen and oxygen atoms in total. The molecule has 2 aromatic carbocycles. The largest absolute Gasteiger partial charge is 0.462 e. The SMILES string of the molecule is CCOC(=O)c1ccc2nc(NC(=O)c3ccc(S(=O)(=O)C(C)C)cc3)sc2c1. The zero-order valence-corrected chi connectivity index (χ0v) is 17.8. The molecule has 0 fully saturated rings. The molecule has 1 N–H and O–H groups in total. The van der Waals surface area contributed by atoms with E-state index in [-0.39, 0.29) is 11.5 Å². The number of nitrogens with one attached hydrogen (secondary N) is 1. The van der Waals surface area contributed by atoms with Gasteiger partial charge in [-0.2, -0.15) is 0 Å². The van der Waals surface area contributed by atoms with E-state index in [4.69, 9.17) is 4.74 Å². The van der Waals surface area contributed by atoms with Crippen LogP contribution in [0.25, 0.3) is 10.2 Å². The Morgan fingerprint density at radius 3 is 2.38 bits per heavy atom. The molecular formula is C20H20N2O5S2.